The number of amidine groups is 1. The van der Waals surface area contributed by atoms with E-state index in [9.17, 15) is 4.79 Å². The van der Waals surface area contributed by atoms with Crippen LogP contribution in [-0.2, 0) is 4.79 Å². The minimum absolute atomic E-state index is 0.708. The zero-order chi connectivity index (χ0) is 5.86. The first kappa shape index (κ1) is 5.90. The Hall–Kier alpha value is -1.10. The fraction of sp³-hybridized carbons (Fsp3) is 0. The van der Waals surface area contributed by atoms with Gasteiger partial charge in [0, 0.05) is 0 Å². The minimum Gasteiger partial charge on any atom is -0.363 e. The fourth-order valence-electron chi connectivity index (χ4n) is 0.0551. The lowest BCUT2D eigenvalue weighted by Crippen LogP contribution is -2.32. The number of primary amides is 1. The number of carbonyl (C=O) groups is 1. The Morgan fingerprint density at radius 1 is 1.86 bits per heavy atom. The highest BCUT2D eigenvalue weighted by Gasteiger charge is 1.97. The fourth-order valence-corrected chi connectivity index (χ4v) is 0.0551. The van der Waals surface area contributed by atoms with Gasteiger partial charge in [-0.15, -0.1) is 0 Å². The van der Waals surface area contributed by atoms with Crippen molar-refractivity contribution in [2.24, 2.45) is 5.73 Å². The largest absolute Gasteiger partial charge is 0.363 e. The summed E-state index contributed by atoms with van der Waals surface area (Å²) < 4.78 is 0. The maximum atomic E-state index is 9.71. The van der Waals surface area contributed by atoms with Crippen molar-refractivity contribution in [2.75, 3.05) is 0 Å². The van der Waals surface area contributed by atoms with Crippen LogP contribution in [0.15, 0.2) is 0 Å². The van der Waals surface area contributed by atoms with Crippen LogP contribution >= 0.6 is 0 Å². The molecule has 0 aromatic carbocycles. The molecule has 7 heavy (non-hydrogen) atoms. The Morgan fingerprint density at radius 3 is 2.29 bits per heavy atom. The molecule has 0 aromatic heterocycles. The Kier molecular flexibility index (Phi) is 1.80. The molecule has 0 fully saturated rings. The van der Waals surface area contributed by atoms with Crippen molar-refractivity contribution in [1.82, 2.24) is 5.48 Å². The van der Waals surface area contributed by atoms with Gasteiger partial charge in [-0.2, -0.15) is 0 Å². The van der Waals surface area contributed by atoms with E-state index in [4.69, 9.17) is 10.6 Å². The van der Waals surface area contributed by atoms with E-state index in [0.29, 0.717) is 0 Å². The van der Waals surface area contributed by atoms with Crippen molar-refractivity contribution in [3.8, 4) is 0 Å². The van der Waals surface area contributed by atoms with E-state index in [-0.39, 0.29) is 0 Å². The summed E-state index contributed by atoms with van der Waals surface area (Å²) in [5.74, 6) is -1.69. The lowest BCUT2D eigenvalue weighted by molar-refractivity contribution is -0.112. The molecule has 5 N–H and O–H groups in total. The van der Waals surface area contributed by atoms with Gasteiger partial charge in [-0.05, 0) is 0 Å². The zero-order valence-corrected chi connectivity index (χ0v) is 3.43. The van der Waals surface area contributed by atoms with Crippen molar-refractivity contribution in [3.63, 3.8) is 0 Å². The van der Waals surface area contributed by atoms with E-state index in [1.165, 1.54) is 5.48 Å². The van der Waals surface area contributed by atoms with Gasteiger partial charge in [-0.3, -0.25) is 15.4 Å². The minimum atomic E-state index is -0.984. The van der Waals surface area contributed by atoms with Gasteiger partial charge >= 0.3 is 0 Å². The van der Waals surface area contributed by atoms with Crippen LogP contribution in [0.1, 0.15) is 0 Å². The average Bonchev–Trinajstić information content (AvgIpc) is 1.65. The highest BCUT2D eigenvalue weighted by Crippen LogP contribution is 1.54. The van der Waals surface area contributed by atoms with Crippen molar-refractivity contribution in [2.45, 2.75) is 0 Å². The van der Waals surface area contributed by atoms with Crippen LogP contribution in [0.2, 0.25) is 0 Å². The second kappa shape index (κ2) is 2.14. The second-order valence-electron chi connectivity index (χ2n) is 0.851. The molecule has 5 heteroatoms. The van der Waals surface area contributed by atoms with Gasteiger partial charge in [-0.25, -0.2) is 5.48 Å². The van der Waals surface area contributed by atoms with Crippen LogP contribution in [0.3, 0.4) is 0 Å². The van der Waals surface area contributed by atoms with Crippen LogP contribution in [0, 0.1) is 5.41 Å². The summed E-state index contributed by atoms with van der Waals surface area (Å²) in [7, 11) is 0. The molecule has 0 bridgehead atoms. The molecule has 5 nitrogen and oxygen atoms in total. The van der Waals surface area contributed by atoms with Gasteiger partial charge in [0.05, 0.1) is 0 Å². The third-order valence-corrected chi connectivity index (χ3v) is 0.358. The van der Waals surface area contributed by atoms with Crippen LogP contribution in [0.4, 0.5) is 0 Å². The molecule has 0 radical (unpaired) electrons. The van der Waals surface area contributed by atoms with E-state index in [1.54, 1.807) is 0 Å². The van der Waals surface area contributed by atoms with Crippen molar-refractivity contribution >= 4 is 11.7 Å². The summed E-state index contributed by atoms with van der Waals surface area (Å²) >= 11 is 0. The summed E-state index contributed by atoms with van der Waals surface area (Å²) in [5, 5.41) is 14.1. The molecule has 0 spiro atoms. The molecule has 0 unspecified atom stereocenters. The first-order chi connectivity index (χ1) is 3.18. The van der Waals surface area contributed by atoms with Gasteiger partial charge in [-0.1, -0.05) is 0 Å². The second-order valence-corrected chi connectivity index (χ2v) is 0.851. The molecule has 0 aliphatic heterocycles. The molecule has 0 saturated carbocycles. The Balaban J connectivity index is 3.58. The first-order valence-corrected chi connectivity index (χ1v) is 1.47. The molecule has 0 heterocycles. The summed E-state index contributed by atoms with van der Waals surface area (Å²) in [4.78, 5) is 9.71. The van der Waals surface area contributed by atoms with Gasteiger partial charge in [0.1, 0.15) is 0 Å². The third-order valence-electron chi connectivity index (χ3n) is 0.358. The SMILES string of the molecule is N=C(NO)C(N)=O. The number of hydrogen-bond donors (Lipinski definition) is 4. The van der Waals surface area contributed by atoms with E-state index in [2.05, 4.69) is 5.73 Å². The van der Waals surface area contributed by atoms with E-state index >= 15 is 0 Å². The Labute approximate surface area is 39.6 Å². The molecular weight excluding hydrogens is 98.0 g/mol. The number of hydroxylamine groups is 1. The summed E-state index contributed by atoms with van der Waals surface area (Å²) in [6.07, 6.45) is 0. The summed E-state index contributed by atoms with van der Waals surface area (Å²) in [6.45, 7) is 0. The highest BCUT2D eigenvalue weighted by molar-refractivity contribution is 6.35. The third kappa shape index (κ3) is 1.72. The molecule has 0 saturated heterocycles. The van der Waals surface area contributed by atoms with Gasteiger partial charge in [0.2, 0.25) is 5.84 Å². The maximum absolute atomic E-state index is 9.71. The molecule has 0 aromatic rings. The van der Waals surface area contributed by atoms with Crippen molar-refractivity contribution < 1.29 is 10.0 Å². The molecule has 0 aliphatic rings. The normalized spacial score (nSPS) is 7.57. The maximum Gasteiger partial charge on any atom is 0.285 e. The van der Waals surface area contributed by atoms with E-state index in [1.807, 2.05) is 0 Å². The Morgan fingerprint density at radius 2 is 2.29 bits per heavy atom. The number of rotatable bonds is 0. The van der Waals surface area contributed by atoms with Gasteiger partial charge < -0.3 is 5.73 Å². The molecule has 0 aliphatic carbocycles. The summed E-state index contributed by atoms with van der Waals surface area (Å²) in [6, 6.07) is 0. The average molecular weight is 103 g/mol. The van der Waals surface area contributed by atoms with E-state index in [0.717, 1.165) is 0 Å². The highest BCUT2D eigenvalue weighted by atomic mass is 16.5. The molecular formula is C2H5N3O2. The first-order valence-electron chi connectivity index (χ1n) is 1.47. The standard InChI is InChI=1S/C2H5N3O2/c3-1(5-7)2(4)6/h7H,(H2,3,5)(H2,4,6). The van der Waals surface area contributed by atoms with Crippen molar-refractivity contribution in [3.05, 3.63) is 0 Å². The van der Waals surface area contributed by atoms with E-state index < -0.39 is 11.7 Å². The van der Waals surface area contributed by atoms with Crippen LogP contribution < -0.4 is 11.2 Å². The number of nitrogens with one attached hydrogen (secondary N) is 2. The van der Waals surface area contributed by atoms with Crippen LogP contribution in [-0.4, -0.2) is 17.0 Å². The predicted octanol–water partition coefficient (Wildman–Crippen LogP) is -1.57. The molecule has 0 rings (SSSR count). The molecule has 40 valence electrons. The number of carbonyl (C=O) groups excluding carboxylic acids is 1. The quantitative estimate of drug-likeness (QED) is 0.169. The van der Waals surface area contributed by atoms with Gasteiger partial charge in [0.15, 0.2) is 0 Å². The Bertz CT molecular complexity index is 99.1. The summed E-state index contributed by atoms with van der Waals surface area (Å²) in [5.41, 5.74) is 5.73. The molecule has 0 atom stereocenters. The van der Waals surface area contributed by atoms with Gasteiger partial charge in [0.25, 0.3) is 5.91 Å². The number of amides is 1. The number of nitrogens with two attached hydrogens (primary N) is 1. The van der Waals surface area contributed by atoms with Crippen LogP contribution in [0.25, 0.3) is 0 Å². The predicted molar refractivity (Wildman–Crippen MR) is 21.8 cm³/mol. The van der Waals surface area contributed by atoms with Crippen molar-refractivity contribution in [1.29, 1.82) is 5.41 Å². The smallest absolute Gasteiger partial charge is 0.285 e. The number of hydrogen-bond acceptors (Lipinski definition) is 3. The lowest BCUT2D eigenvalue weighted by Gasteiger charge is -1.89. The van der Waals surface area contributed by atoms with Crippen LogP contribution in [0.5, 0.6) is 0 Å². The topological polar surface area (TPSA) is 99.2 Å². The molecule has 1 amide bonds. The monoisotopic (exact) mass is 103 g/mol. The lowest BCUT2D eigenvalue weighted by atomic mass is 10.6. The zero-order valence-electron chi connectivity index (χ0n) is 3.43.